The quantitative estimate of drug-likeness (QED) is 0.424. The van der Waals surface area contributed by atoms with Crippen LogP contribution in [0.1, 0.15) is 0 Å². The van der Waals surface area contributed by atoms with Crippen LogP contribution in [0, 0.1) is 24.7 Å². The molecule has 0 saturated heterocycles. The Morgan fingerprint density at radius 1 is 1.00 bits per heavy atom. The second-order valence-electron chi connectivity index (χ2n) is 1.22. The van der Waals surface area contributed by atoms with Gasteiger partial charge >= 0.3 is 0 Å². The van der Waals surface area contributed by atoms with Gasteiger partial charge in [-0.15, -0.1) is 12.8 Å². The third kappa shape index (κ3) is 1.66. The van der Waals surface area contributed by atoms with E-state index in [-0.39, 0.29) is 0 Å². The summed E-state index contributed by atoms with van der Waals surface area (Å²) in [5.74, 6) is 3.76. The molecule has 0 aliphatic carbocycles. The first-order valence-electron chi connectivity index (χ1n) is 2.00. The van der Waals surface area contributed by atoms with Gasteiger partial charge in [0.15, 0.2) is 12.2 Å². The molecule has 0 unspecified atom stereocenters. The predicted octanol–water partition coefficient (Wildman–Crippen LogP) is -1.03. The molecule has 0 aliphatic rings. The lowest BCUT2D eigenvalue weighted by atomic mass is 10.2. The zero-order valence-electron chi connectivity index (χ0n) is 4.20. The molecule has 0 aromatic carbocycles. The van der Waals surface area contributed by atoms with Crippen LogP contribution in [-0.4, -0.2) is 22.4 Å². The molecule has 2 atom stereocenters. The summed E-state index contributed by atoms with van der Waals surface area (Å²) in [7, 11) is 0. The zero-order chi connectivity index (χ0) is 6.57. The maximum atomic E-state index is 8.50. The molecule has 0 aromatic heterocycles. The number of hydrogen-bond acceptors (Lipinski definition) is 2. The van der Waals surface area contributed by atoms with Gasteiger partial charge in [0, 0.05) is 0 Å². The number of terminal acetylenes is 2. The maximum Gasteiger partial charge on any atom is 0.151 e. The van der Waals surface area contributed by atoms with Crippen molar-refractivity contribution >= 4 is 0 Å². The van der Waals surface area contributed by atoms with Crippen LogP contribution in [0.4, 0.5) is 0 Å². The topological polar surface area (TPSA) is 40.5 Å². The van der Waals surface area contributed by atoms with Crippen molar-refractivity contribution in [1.29, 1.82) is 0 Å². The van der Waals surface area contributed by atoms with Gasteiger partial charge in [-0.25, -0.2) is 0 Å². The van der Waals surface area contributed by atoms with Gasteiger partial charge in [0.25, 0.3) is 0 Å². The molecule has 2 heteroatoms. The van der Waals surface area contributed by atoms with E-state index >= 15 is 0 Å². The lowest BCUT2D eigenvalue weighted by Gasteiger charge is -2.02. The van der Waals surface area contributed by atoms with Crippen LogP contribution in [0.25, 0.3) is 0 Å². The highest BCUT2D eigenvalue weighted by molar-refractivity contribution is 5.08. The third-order valence-corrected chi connectivity index (χ3v) is 0.641. The van der Waals surface area contributed by atoms with E-state index in [9.17, 15) is 0 Å². The van der Waals surface area contributed by atoms with E-state index in [0.717, 1.165) is 0 Å². The Kier molecular flexibility index (Phi) is 2.72. The average molecular weight is 110 g/mol. The molecule has 0 amide bonds. The maximum absolute atomic E-state index is 8.50. The second-order valence-corrected chi connectivity index (χ2v) is 1.22. The summed E-state index contributed by atoms with van der Waals surface area (Å²) in [4.78, 5) is 0. The first kappa shape index (κ1) is 7.04. The molecule has 0 heterocycles. The smallest absolute Gasteiger partial charge is 0.151 e. The Balaban J connectivity index is 3.72. The van der Waals surface area contributed by atoms with Gasteiger partial charge in [0.2, 0.25) is 0 Å². The molecule has 0 aliphatic heterocycles. The minimum absolute atomic E-state index is 1.24. The average Bonchev–Trinajstić information content (AvgIpc) is 1.84. The van der Waals surface area contributed by atoms with E-state index in [4.69, 9.17) is 23.1 Å². The predicted molar refractivity (Wildman–Crippen MR) is 29.7 cm³/mol. The van der Waals surface area contributed by atoms with E-state index in [1.165, 1.54) is 0 Å². The van der Waals surface area contributed by atoms with Crippen LogP contribution in [-0.2, 0) is 0 Å². The van der Waals surface area contributed by atoms with E-state index in [0.29, 0.717) is 0 Å². The molecule has 0 spiro atoms. The largest absolute Gasteiger partial charge is 0.377 e. The van der Waals surface area contributed by atoms with E-state index in [2.05, 4.69) is 0 Å². The molecule has 0 saturated carbocycles. The van der Waals surface area contributed by atoms with Crippen LogP contribution < -0.4 is 0 Å². The van der Waals surface area contributed by atoms with Gasteiger partial charge in [-0.2, -0.15) is 0 Å². The van der Waals surface area contributed by atoms with Gasteiger partial charge in [-0.3, -0.25) is 0 Å². The van der Waals surface area contributed by atoms with Crippen LogP contribution >= 0.6 is 0 Å². The third-order valence-electron chi connectivity index (χ3n) is 0.641. The summed E-state index contributed by atoms with van der Waals surface area (Å²) >= 11 is 0. The van der Waals surface area contributed by atoms with E-state index < -0.39 is 12.2 Å². The minimum atomic E-state index is -1.24. The summed E-state index contributed by atoms with van der Waals surface area (Å²) < 4.78 is 0. The highest BCUT2D eigenvalue weighted by Gasteiger charge is 2.07. The monoisotopic (exact) mass is 110 g/mol. The van der Waals surface area contributed by atoms with Crippen molar-refractivity contribution in [2.24, 2.45) is 0 Å². The van der Waals surface area contributed by atoms with Crippen LogP contribution in [0.2, 0.25) is 0 Å². The molecule has 0 fully saturated rings. The number of aliphatic hydroxyl groups excluding tert-OH is 2. The van der Waals surface area contributed by atoms with Gasteiger partial charge < -0.3 is 10.2 Å². The Labute approximate surface area is 48.2 Å². The first-order valence-corrected chi connectivity index (χ1v) is 2.00. The van der Waals surface area contributed by atoms with E-state index in [1.54, 1.807) is 0 Å². The molecule has 2 N–H and O–H groups in total. The molecular weight excluding hydrogens is 104 g/mol. The molecule has 0 radical (unpaired) electrons. The lowest BCUT2D eigenvalue weighted by Crippen LogP contribution is -2.21. The SMILES string of the molecule is C#C[C@@H](O)[C@H](O)C#C. The van der Waals surface area contributed by atoms with Gasteiger partial charge in [-0.1, -0.05) is 11.8 Å². The van der Waals surface area contributed by atoms with E-state index in [1.807, 2.05) is 11.8 Å². The van der Waals surface area contributed by atoms with Crippen molar-refractivity contribution in [3.8, 4) is 24.7 Å². The molecule has 2 nitrogen and oxygen atoms in total. The van der Waals surface area contributed by atoms with Crippen molar-refractivity contribution in [2.45, 2.75) is 12.2 Å². The number of aliphatic hydroxyl groups is 2. The van der Waals surface area contributed by atoms with Crippen LogP contribution in [0.5, 0.6) is 0 Å². The lowest BCUT2D eigenvalue weighted by molar-refractivity contribution is 0.0934. The number of hydrogen-bond donors (Lipinski definition) is 2. The fourth-order valence-corrected chi connectivity index (χ4v) is 0.182. The van der Waals surface area contributed by atoms with Crippen molar-refractivity contribution < 1.29 is 10.2 Å². The Morgan fingerprint density at radius 3 is 1.38 bits per heavy atom. The molecule has 8 heavy (non-hydrogen) atoms. The van der Waals surface area contributed by atoms with Gasteiger partial charge in [0.1, 0.15) is 0 Å². The summed E-state index contributed by atoms with van der Waals surface area (Å²) in [6.07, 6.45) is 6.91. The fraction of sp³-hybridized carbons (Fsp3) is 0.333. The van der Waals surface area contributed by atoms with Crippen LogP contribution in [0.3, 0.4) is 0 Å². The van der Waals surface area contributed by atoms with Gasteiger partial charge in [-0.05, 0) is 0 Å². The molecular formula is C6H6O2. The van der Waals surface area contributed by atoms with Crippen LogP contribution in [0.15, 0.2) is 0 Å². The van der Waals surface area contributed by atoms with Gasteiger partial charge in [0.05, 0.1) is 0 Å². The first-order chi connectivity index (χ1) is 3.72. The highest BCUT2D eigenvalue weighted by atomic mass is 16.3. The normalized spacial score (nSPS) is 15.5. The fourth-order valence-electron chi connectivity index (χ4n) is 0.182. The molecule has 0 rings (SSSR count). The number of rotatable bonds is 1. The second kappa shape index (κ2) is 3.10. The van der Waals surface area contributed by atoms with Crippen molar-refractivity contribution in [2.75, 3.05) is 0 Å². The van der Waals surface area contributed by atoms with Crippen molar-refractivity contribution in [1.82, 2.24) is 0 Å². The molecule has 42 valence electrons. The molecule has 0 bridgehead atoms. The summed E-state index contributed by atoms with van der Waals surface area (Å²) in [6, 6.07) is 0. The Hall–Kier alpha value is -0.960. The molecule has 0 aromatic rings. The zero-order valence-corrected chi connectivity index (χ0v) is 4.20. The standard InChI is InChI=1S/C6H6O2/c1-3-5(7)6(8)4-2/h1-2,5-8H/t5-,6-/m1/s1. The van der Waals surface area contributed by atoms with Crippen molar-refractivity contribution in [3.05, 3.63) is 0 Å². The van der Waals surface area contributed by atoms with Crippen molar-refractivity contribution in [3.63, 3.8) is 0 Å². The summed E-state index contributed by atoms with van der Waals surface area (Å²) in [6.45, 7) is 0. The summed E-state index contributed by atoms with van der Waals surface area (Å²) in [5, 5.41) is 17.0. The Morgan fingerprint density at radius 2 is 1.25 bits per heavy atom. The Bertz CT molecular complexity index is 120. The minimum Gasteiger partial charge on any atom is -0.377 e. The highest BCUT2D eigenvalue weighted by Crippen LogP contribution is 1.86. The summed E-state index contributed by atoms with van der Waals surface area (Å²) in [5.41, 5.74) is 0.